The van der Waals surface area contributed by atoms with Gasteiger partial charge in [-0.15, -0.1) is 0 Å². The largest absolute Gasteiger partial charge is 0.498 e. The fraction of sp³-hybridized carbons (Fsp3) is 0.571. The van der Waals surface area contributed by atoms with Crippen LogP contribution in [0.15, 0.2) is 12.8 Å². The van der Waals surface area contributed by atoms with Gasteiger partial charge in [0.15, 0.2) is 0 Å². The highest BCUT2D eigenvalue weighted by molar-refractivity contribution is 5.69. The molecule has 0 bridgehead atoms. The van der Waals surface area contributed by atoms with Crippen molar-refractivity contribution in [1.29, 1.82) is 0 Å². The third kappa shape index (κ3) is 6.86. The van der Waals surface area contributed by atoms with Gasteiger partial charge in [0.05, 0.1) is 12.7 Å². The molecule has 64 valence electrons. The smallest absolute Gasteiger partial charge is 0.307 e. The van der Waals surface area contributed by atoms with Crippen LogP contribution in [0.5, 0.6) is 0 Å². The number of hydrogen-bond donors (Lipinski definition) is 1. The van der Waals surface area contributed by atoms with Gasteiger partial charge in [-0.1, -0.05) is 6.58 Å². The molecular weight excluding hydrogens is 146 g/mol. The lowest BCUT2D eigenvalue weighted by atomic mass is 10.4. The zero-order chi connectivity index (χ0) is 8.53. The molecule has 4 heteroatoms. The van der Waals surface area contributed by atoms with E-state index < -0.39 is 0 Å². The molecule has 0 aliphatic carbocycles. The first-order chi connectivity index (χ1) is 5.31. The van der Waals surface area contributed by atoms with Crippen molar-refractivity contribution in [3.8, 4) is 0 Å². The number of esters is 1. The van der Waals surface area contributed by atoms with E-state index in [1.54, 1.807) is 0 Å². The van der Waals surface area contributed by atoms with Crippen LogP contribution in [0, 0.1) is 0 Å². The summed E-state index contributed by atoms with van der Waals surface area (Å²) in [6.07, 6.45) is 1.56. The molecule has 0 fully saturated rings. The minimum Gasteiger partial charge on any atom is -0.498 e. The average Bonchev–Trinajstić information content (AvgIpc) is 1.99. The predicted molar refractivity (Wildman–Crippen MR) is 40.8 cm³/mol. The van der Waals surface area contributed by atoms with Gasteiger partial charge in [-0.05, 0) is 0 Å². The lowest BCUT2D eigenvalue weighted by Gasteiger charge is -2.02. The summed E-state index contributed by atoms with van der Waals surface area (Å²) in [6.45, 7) is 4.25. The second kappa shape index (κ2) is 7.08. The first-order valence-electron chi connectivity index (χ1n) is 3.39. The van der Waals surface area contributed by atoms with Gasteiger partial charge in [-0.2, -0.15) is 0 Å². The van der Waals surface area contributed by atoms with Crippen molar-refractivity contribution >= 4 is 5.97 Å². The Hall–Kier alpha value is -1.03. The molecule has 0 amide bonds. The van der Waals surface area contributed by atoms with Crippen LogP contribution < -0.4 is 5.73 Å². The molecule has 0 heterocycles. The molecule has 0 aliphatic heterocycles. The van der Waals surface area contributed by atoms with Gasteiger partial charge in [0, 0.05) is 6.54 Å². The highest BCUT2D eigenvalue weighted by Crippen LogP contribution is 1.84. The monoisotopic (exact) mass is 159 g/mol. The molecule has 0 aromatic carbocycles. The summed E-state index contributed by atoms with van der Waals surface area (Å²) in [6, 6.07) is 0. The topological polar surface area (TPSA) is 61.5 Å². The van der Waals surface area contributed by atoms with Crippen LogP contribution in [-0.4, -0.2) is 25.7 Å². The summed E-state index contributed by atoms with van der Waals surface area (Å²) >= 11 is 0. The highest BCUT2D eigenvalue weighted by atomic mass is 16.6. The van der Waals surface area contributed by atoms with Crippen molar-refractivity contribution in [2.45, 2.75) is 6.42 Å². The van der Waals surface area contributed by atoms with E-state index in [1.165, 1.54) is 6.26 Å². The maximum absolute atomic E-state index is 10.6. The van der Waals surface area contributed by atoms with Gasteiger partial charge in [-0.25, -0.2) is 0 Å². The van der Waals surface area contributed by atoms with E-state index in [0.29, 0.717) is 13.2 Å². The summed E-state index contributed by atoms with van der Waals surface area (Å²) < 4.78 is 9.41. The molecule has 0 aromatic heterocycles. The van der Waals surface area contributed by atoms with Gasteiger partial charge in [-0.3, -0.25) is 4.79 Å². The maximum atomic E-state index is 10.6. The Bertz CT molecular complexity index is 125. The van der Waals surface area contributed by atoms with E-state index in [0.717, 1.165) is 0 Å². The standard InChI is InChI=1S/C7H13NO3/c1-2-10-5-6-11-7(9)3-4-8/h2H,1,3-6,8H2. The summed E-state index contributed by atoms with van der Waals surface area (Å²) in [5, 5.41) is 0. The molecule has 0 rings (SSSR count). The van der Waals surface area contributed by atoms with E-state index >= 15 is 0 Å². The molecule has 4 nitrogen and oxygen atoms in total. The molecule has 0 aliphatic rings. The second-order valence-electron chi connectivity index (χ2n) is 1.80. The Kier molecular flexibility index (Phi) is 6.42. The number of carbonyl (C=O) groups is 1. The molecule has 0 atom stereocenters. The van der Waals surface area contributed by atoms with Gasteiger partial charge in [0.25, 0.3) is 0 Å². The third-order valence-corrected chi connectivity index (χ3v) is 0.931. The number of nitrogens with two attached hydrogens (primary N) is 1. The summed E-state index contributed by atoms with van der Waals surface area (Å²) in [7, 11) is 0. The molecular formula is C7H13NO3. The Morgan fingerprint density at radius 1 is 1.55 bits per heavy atom. The Morgan fingerprint density at radius 2 is 2.27 bits per heavy atom. The minimum absolute atomic E-state index is 0.255. The number of carbonyl (C=O) groups excluding carboxylic acids is 1. The predicted octanol–water partition coefficient (Wildman–Crippen LogP) is 0.0385. The number of ether oxygens (including phenoxy) is 2. The first-order valence-corrected chi connectivity index (χ1v) is 3.39. The van der Waals surface area contributed by atoms with Gasteiger partial charge >= 0.3 is 5.97 Å². The van der Waals surface area contributed by atoms with E-state index in [-0.39, 0.29) is 19.0 Å². The Morgan fingerprint density at radius 3 is 2.82 bits per heavy atom. The van der Waals surface area contributed by atoms with Crippen LogP contribution in [0.25, 0.3) is 0 Å². The van der Waals surface area contributed by atoms with E-state index in [9.17, 15) is 4.79 Å². The molecule has 11 heavy (non-hydrogen) atoms. The summed E-state index contributed by atoms with van der Waals surface area (Å²) in [5.74, 6) is -0.292. The van der Waals surface area contributed by atoms with Crippen molar-refractivity contribution in [2.24, 2.45) is 5.73 Å². The van der Waals surface area contributed by atoms with Crippen LogP contribution in [0.3, 0.4) is 0 Å². The minimum atomic E-state index is -0.292. The van der Waals surface area contributed by atoms with Crippen LogP contribution in [0.4, 0.5) is 0 Å². The van der Waals surface area contributed by atoms with Gasteiger partial charge in [0.2, 0.25) is 0 Å². The SMILES string of the molecule is C=COCCOC(=O)CCN. The molecule has 0 saturated heterocycles. The molecule has 0 saturated carbocycles. The molecule has 0 unspecified atom stereocenters. The normalized spacial score (nSPS) is 8.82. The zero-order valence-corrected chi connectivity index (χ0v) is 6.41. The van der Waals surface area contributed by atoms with Crippen molar-refractivity contribution in [1.82, 2.24) is 0 Å². The Labute approximate surface area is 66.0 Å². The summed E-state index contributed by atoms with van der Waals surface area (Å²) in [4.78, 5) is 10.6. The fourth-order valence-electron chi connectivity index (χ4n) is 0.477. The van der Waals surface area contributed by atoms with Crippen molar-refractivity contribution in [3.05, 3.63) is 12.8 Å². The maximum Gasteiger partial charge on any atom is 0.307 e. The second-order valence-corrected chi connectivity index (χ2v) is 1.80. The number of hydrogen-bond acceptors (Lipinski definition) is 4. The highest BCUT2D eigenvalue weighted by Gasteiger charge is 1.98. The van der Waals surface area contributed by atoms with E-state index in [4.69, 9.17) is 15.2 Å². The molecule has 0 spiro atoms. The average molecular weight is 159 g/mol. The van der Waals surface area contributed by atoms with Crippen molar-refractivity contribution in [2.75, 3.05) is 19.8 Å². The quantitative estimate of drug-likeness (QED) is 0.337. The lowest BCUT2D eigenvalue weighted by molar-refractivity contribution is -0.144. The zero-order valence-electron chi connectivity index (χ0n) is 6.41. The number of rotatable bonds is 6. The molecule has 0 radical (unpaired) electrons. The van der Waals surface area contributed by atoms with Gasteiger partial charge < -0.3 is 15.2 Å². The first kappa shape index (κ1) is 9.97. The van der Waals surface area contributed by atoms with Crippen molar-refractivity contribution < 1.29 is 14.3 Å². The van der Waals surface area contributed by atoms with Crippen LogP contribution >= 0.6 is 0 Å². The van der Waals surface area contributed by atoms with Crippen LogP contribution in [0.1, 0.15) is 6.42 Å². The van der Waals surface area contributed by atoms with E-state index in [2.05, 4.69) is 6.58 Å². The third-order valence-electron chi connectivity index (χ3n) is 0.931. The van der Waals surface area contributed by atoms with Crippen LogP contribution in [0.2, 0.25) is 0 Å². The lowest BCUT2D eigenvalue weighted by Crippen LogP contribution is -2.13. The van der Waals surface area contributed by atoms with Crippen LogP contribution in [-0.2, 0) is 14.3 Å². The molecule has 2 N–H and O–H groups in total. The molecule has 0 aromatic rings. The summed E-state index contributed by atoms with van der Waals surface area (Å²) in [5.41, 5.74) is 5.11. The van der Waals surface area contributed by atoms with Crippen molar-refractivity contribution in [3.63, 3.8) is 0 Å². The van der Waals surface area contributed by atoms with Gasteiger partial charge in [0.1, 0.15) is 13.2 Å². The Balaban J connectivity index is 3.10. The fourth-order valence-corrected chi connectivity index (χ4v) is 0.477. The van der Waals surface area contributed by atoms with E-state index in [1.807, 2.05) is 0 Å².